The summed E-state index contributed by atoms with van der Waals surface area (Å²) in [4.78, 5) is 22.1. The van der Waals surface area contributed by atoms with E-state index in [2.05, 4.69) is 77.5 Å². The second-order valence-electron chi connectivity index (χ2n) is 9.99. The van der Waals surface area contributed by atoms with Gasteiger partial charge in [0.15, 0.2) is 5.82 Å². The molecule has 1 atom stereocenters. The molecular weight excluding hydrogens is 448 g/mol. The summed E-state index contributed by atoms with van der Waals surface area (Å²) in [5, 5.41) is 7.98. The lowest BCUT2D eigenvalue weighted by molar-refractivity contribution is -0.125. The Bertz CT molecular complexity index is 1370. The summed E-state index contributed by atoms with van der Waals surface area (Å²) in [7, 11) is 4.05. The second-order valence-corrected chi connectivity index (χ2v) is 9.99. The zero-order valence-electron chi connectivity index (χ0n) is 21.5. The quantitative estimate of drug-likeness (QED) is 0.435. The van der Waals surface area contributed by atoms with Gasteiger partial charge in [0.2, 0.25) is 5.91 Å². The number of hydrogen-bond donors (Lipinski definition) is 1. The van der Waals surface area contributed by atoms with E-state index in [1.165, 1.54) is 11.1 Å². The Balaban J connectivity index is 1.30. The van der Waals surface area contributed by atoms with Gasteiger partial charge in [-0.25, -0.2) is 9.50 Å². The highest BCUT2D eigenvalue weighted by molar-refractivity contribution is 5.81. The number of anilines is 2. The first-order valence-corrected chi connectivity index (χ1v) is 12.6. The van der Waals surface area contributed by atoms with Crippen molar-refractivity contribution in [1.29, 1.82) is 0 Å². The van der Waals surface area contributed by atoms with E-state index in [-0.39, 0.29) is 11.8 Å². The SMILES string of the molecule is Cc1ccc(-c2cc3c(N4CCC[C@@H](C(=O)NCc5ccc(N(C)C)cc5)C4)nccn3n2)c(C)c1. The zero-order chi connectivity index (χ0) is 25.2. The summed E-state index contributed by atoms with van der Waals surface area (Å²) in [6.45, 7) is 6.30. The van der Waals surface area contributed by atoms with Crippen LogP contribution < -0.4 is 15.1 Å². The van der Waals surface area contributed by atoms with Crippen LogP contribution in [-0.2, 0) is 11.3 Å². The van der Waals surface area contributed by atoms with Gasteiger partial charge in [-0.1, -0.05) is 35.9 Å². The number of carbonyl (C=O) groups is 1. The minimum atomic E-state index is -0.0661. The lowest BCUT2D eigenvalue weighted by Gasteiger charge is -2.33. The molecule has 1 aliphatic heterocycles. The molecule has 7 nitrogen and oxygen atoms in total. The molecule has 4 aromatic rings. The standard InChI is InChI=1S/C29H34N6O/c1-20-7-12-25(21(2)16-20)26-17-27-28(30-13-15-35(27)32-26)34-14-5-6-23(19-34)29(36)31-18-22-8-10-24(11-9-22)33(3)4/h7-13,15-17,23H,5-6,14,18-19H2,1-4H3,(H,31,36)/t23-/m1/s1. The van der Waals surface area contributed by atoms with Gasteiger partial charge in [-0.15, -0.1) is 0 Å². The van der Waals surface area contributed by atoms with Crippen LogP contribution in [0.1, 0.15) is 29.5 Å². The van der Waals surface area contributed by atoms with Crippen molar-refractivity contribution in [3.8, 4) is 11.3 Å². The lowest BCUT2D eigenvalue weighted by Crippen LogP contribution is -2.43. The Hall–Kier alpha value is -3.87. The van der Waals surface area contributed by atoms with Crippen LogP contribution in [0.3, 0.4) is 0 Å². The maximum absolute atomic E-state index is 13.1. The van der Waals surface area contributed by atoms with E-state index in [4.69, 9.17) is 10.1 Å². The first-order chi connectivity index (χ1) is 17.4. The third-order valence-electron chi connectivity index (χ3n) is 7.04. The lowest BCUT2D eigenvalue weighted by atomic mass is 9.97. The van der Waals surface area contributed by atoms with Crippen molar-refractivity contribution in [2.24, 2.45) is 5.92 Å². The number of aromatic nitrogens is 3. The average Bonchev–Trinajstić information content (AvgIpc) is 3.31. The average molecular weight is 483 g/mol. The van der Waals surface area contributed by atoms with Gasteiger partial charge >= 0.3 is 0 Å². The van der Waals surface area contributed by atoms with E-state index < -0.39 is 0 Å². The zero-order valence-corrected chi connectivity index (χ0v) is 21.5. The molecule has 36 heavy (non-hydrogen) atoms. The maximum Gasteiger partial charge on any atom is 0.225 e. The van der Waals surface area contributed by atoms with Crippen LogP contribution in [0.2, 0.25) is 0 Å². The van der Waals surface area contributed by atoms with Gasteiger partial charge in [0, 0.05) is 57.4 Å². The molecule has 1 amide bonds. The van der Waals surface area contributed by atoms with Crippen LogP contribution in [0.15, 0.2) is 60.9 Å². The largest absolute Gasteiger partial charge is 0.378 e. The van der Waals surface area contributed by atoms with E-state index in [0.717, 1.165) is 53.2 Å². The van der Waals surface area contributed by atoms with E-state index in [1.54, 1.807) is 6.20 Å². The number of piperidine rings is 1. The Morgan fingerprint density at radius 1 is 1.11 bits per heavy atom. The van der Waals surface area contributed by atoms with Crippen LogP contribution in [-0.4, -0.2) is 47.7 Å². The van der Waals surface area contributed by atoms with Gasteiger partial charge in [0.25, 0.3) is 0 Å². The number of rotatable bonds is 6. The first kappa shape index (κ1) is 23.9. The summed E-state index contributed by atoms with van der Waals surface area (Å²) in [5.74, 6) is 0.925. The molecule has 7 heteroatoms. The fraction of sp³-hybridized carbons (Fsp3) is 0.345. The summed E-state index contributed by atoms with van der Waals surface area (Å²) in [5.41, 5.74) is 7.73. The molecule has 3 heterocycles. The molecule has 1 aliphatic rings. The Labute approximate surface area is 212 Å². The number of aryl methyl sites for hydroxylation is 2. The number of carbonyl (C=O) groups excluding carboxylic acids is 1. The van der Waals surface area contributed by atoms with Gasteiger partial charge in [-0.05, 0) is 56.0 Å². The molecule has 0 radical (unpaired) electrons. The summed E-state index contributed by atoms with van der Waals surface area (Å²) in [6, 6.07) is 16.8. The molecule has 0 bridgehead atoms. The smallest absolute Gasteiger partial charge is 0.225 e. The third kappa shape index (κ3) is 4.91. The molecule has 2 aromatic heterocycles. The number of benzene rings is 2. The minimum absolute atomic E-state index is 0.0661. The topological polar surface area (TPSA) is 65.8 Å². The highest BCUT2D eigenvalue weighted by Crippen LogP contribution is 2.30. The first-order valence-electron chi connectivity index (χ1n) is 12.6. The number of hydrogen-bond acceptors (Lipinski definition) is 5. The van der Waals surface area contributed by atoms with Crippen molar-refractivity contribution >= 4 is 22.9 Å². The summed E-state index contributed by atoms with van der Waals surface area (Å²) >= 11 is 0. The van der Waals surface area contributed by atoms with Crippen LogP contribution in [0.5, 0.6) is 0 Å². The van der Waals surface area contributed by atoms with Crippen molar-refractivity contribution in [2.45, 2.75) is 33.2 Å². The van der Waals surface area contributed by atoms with Crippen molar-refractivity contribution in [2.75, 3.05) is 37.0 Å². The van der Waals surface area contributed by atoms with Crippen LogP contribution in [0, 0.1) is 19.8 Å². The molecule has 0 saturated carbocycles. The fourth-order valence-electron chi connectivity index (χ4n) is 5.01. The van der Waals surface area contributed by atoms with Gasteiger partial charge in [0.05, 0.1) is 11.6 Å². The second kappa shape index (κ2) is 10.0. The van der Waals surface area contributed by atoms with Gasteiger partial charge in [-0.3, -0.25) is 4.79 Å². The molecule has 1 fully saturated rings. The van der Waals surface area contributed by atoms with E-state index >= 15 is 0 Å². The van der Waals surface area contributed by atoms with Crippen molar-refractivity contribution in [3.63, 3.8) is 0 Å². The molecule has 1 saturated heterocycles. The molecule has 0 unspecified atom stereocenters. The highest BCUT2D eigenvalue weighted by atomic mass is 16.1. The molecule has 0 aliphatic carbocycles. The molecule has 186 valence electrons. The van der Waals surface area contributed by atoms with Crippen molar-refractivity contribution < 1.29 is 4.79 Å². The summed E-state index contributed by atoms with van der Waals surface area (Å²) in [6.07, 6.45) is 5.53. The monoisotopic (exact) mass is 482 g/mol. The molecule has 0 spiro atoms. The number of nitrogens with zero attached hydrogens (tertiary/aromatic N) is 5. The highest BCUT2D eigenvalue weighted by Gasteiger charge is 2.28. The summed E-state index contributed by atoms with van der Waals surface area (Å²) < 4.78 is 1.90. The maximum atomic E-state index is 13.1. The third-order valence-corrected chi connectivity index (χ3v) is 7.04. The Kier molecular flexibility index (Phi) is 6.63. The molecule has 2 aromatic carbocycles. The predicted molar refractivity (Wildman–Crippen MR) is 145 cm³/mol. The Morgan fingerprint density at radius 3 is 2.67 bits per heavy atom. The molecule has 5 rings (SSSR count). The number of fused-ring (bicyclic) bond motifs is 1. The van der Waals surface area contributed by atoms with Gasteiger partial charge in [0.1, 0.15) is 5.52 Å². The van der Waals surface area contributed by atoms with E-state index in [1.807, 2.05) is 24.8 Å². The number of amides is 1. The molecule has 1 N–H and O–H groups in total. The van der Waals surface area contributed by atoms with Gasteiger partial charge in [-0.2, -0.15) is 5.10 Å². The van der Waals surface area contributed by atoms with E-state index in [9.17, 15) is 4.79 Å². The molecular formula is C29H34N6O. The van der Waals surface area contributed by atoms with Crippen molar-refractivity contribution in [1.82, 2.24) is 19.9 Å². The Morgan fingerprint density at radius 2 is 1.92 bits per heavy atom. The fourth-order valence-corrected chi connectivity index (χ4v) is 5.01. The van der Waals surface area contributed by atoms with E-state index in [0.29, 0.717) is 13.1 Å². The number of nitrogens with one attached hydrogen (secondary N) is 1. The van der Waals surface area contributed by atoms with Crippen LogP contribution in [0.25, 0.3) is 16.8 Å². The normalized spacial score (nSPS) is 15.8. The van der Waals surface area contributed by atoms with Crippen LogP contribution >= 0.6 is 0 Å². The van der Waals surface area contributed by atoms with Crippen LogP contribution in [0.4, 0.5) is 11.5 Å². The minimum Gasteiger partial charge on any atom is -0.378 e. The predicted octanol–water partition coefficient (Wildman–Crippen LogP) is 4.61. The van der Waals surface area contributed by atoms with Crippen molar-refractivity contribution in [3.05, 3.63) is 77.6 Å². The van der Waals surface area contributed by atoms with Gasteiger partial charge < -0.3 is 15.1 Å².